The van der Waals surface area contributed by atoms with E-state index in [1.54, 1.807) is 6.07 Å². The van der Waals surface area contributed by atoms with Crippen LogP contribution in [0.15, 0.2) is 12.1 Å². The number of carbonyl (C=O) groups excluding carboxylic acids is 1. The van der Waals surface area contributed by atoms with E-state index in [1.807, 2.05) is 13.0 Å². The van der Waals surface area contributed by atoms with Gasteiger partial charge in [0.2, 0.25) is 0 Å². The maximum Gasteiger partial charge on any atom is 0.263 e. The SMILES string of the molecule is Cc1nc(CC(C)C)sc1C(=O)NCc1cc(Cl)c2c(c1)OCCCO2. The molecule has 1 aromatic heterocycles. The van der Waals surface area contributed by atoms with Gasteiger partial charge in [0.1, 0.15) is 4.88 Å². The van der Waals surface area contributed by atoms with E-state index in [-0.39, 0.29) is 5.91 Å². The highest BCUT2D eigenvalue weighted by Crippen LogP contribution is 2.38. The van der Waals surface area contributed by atoms with E-state index >= 15 is 0 Å². The predicted octanol–water partition coefficient (Wildman–Crippen LogP) is 4.39. The van der Waals surface area contributed by atoms with Crippen molar-refractivity contribution in [3.8, 4) is 11.5 Å². The number of rotatable bonds is 5. The second-order valence-electron chi connectivity index (χ2n) is 6.76. The Kier molecular flexibility index (Phi) is 6.04. The van der Waals surface area contributed by atoms with E-state index in [9.17, 15) is 4.79 Å². The Bertz CT molecular complexity index is 804. The van der Waals surface area contributed by atoms with Crippen LogP contribution in [-0.2, 0) is 13.0 Å². The lowest BCUT2D eigenvalue weighted by Gasteiger charge is -2.12. The summed E-state index contributed by atoms with van der Waals surface area (Å²) in [5.74, 6) is 1.61. The quantitative estimate of drug-likeness (QED) is 0.816. The molecule has 2 heterocycles. The molecule has 3 rings (SSSR count). The van der Waals surface area contributed by atoms with Gasteiger partial charge in [0.25, 0.3) is 5.91 Å². The number of thiazole rings is 1. The molecule has 0 atom stereocenters. The first-order valence-corrected chi connectivity index (χ1v) is 9.96. The molecule has 1 N–H and O–H groups in total. The van der Waals surface area contributed by atoms with Crippen molar-refractivity contribution >= 4 is 28.8 Å². The topological polar surface area (TPSA) is 60.5 Å². The number of nitrogens with one attached hydrogen (secondary N) is 1. The molecule has 0 radical (unpaired) electrons. The number of amides is 1. The largest absolute Gasteiger partial charge is 0.489 e. The molecule has 0 fully saturated rings. The number of aromatic nitrogens is 1. The first kappa shape index (κ1) is 19.0. The fourth-order valence-electron chi connectivity index (χ4n) is 2.75. The van der Waals surface area contributed by atoms with Gasteiger partial charge in [0.15, 0.2) is 11.5 Å². The molecule has 0 saturated carbocycles. The summed E-state index contributed by atoms with van der Waals surface area (Å²) in [4.78, 5) is 17.7. The van der Waals surface area contributed by atoms with Crippen LogP contribution >= 0.6 is 22.9 Å². The molecule has 1 amide bonds. The Hall–Kier alpha value is -1.79. The highest BCUT2D eigenvalue weighted by Gasteiger charge is 2.18. The zero-order chi connectivity index (χ0) is 18.7. The van der Waals surface area contributed by atoms with E-state index in [2.05, 4.69) is 24.1 Å². The summed E-state index contributed by atoms with van der Waals surface area (Å²) in [6.45, 7) is 7.71. The van der Waals surface area contributed by atoms with Gasteiger partial charge >= 0.3 is 0 Å². The number of nitrogens with zero attached hydrogens (tertiary/aromatic N) is 1. The number of halogens is 1. The van der Waals surface area contributed by atoms with Crippen molar-refractivity contribution in [2.24, 2.45) is 5.92 Å². The minimum atomic E-state index is -0.113. The monoisotopic (exact) mass is 394 g/mol. The first-order valence-electron chi connectivity index (χ1n) is 8.76. The molecule has 7 heteroatoms. The number of aryl methyl sites for hydroxylation is 1. The molecular weight excluding hydrogens is 372 g/mol. The number of ether oxygens (including phenoxy) is 2. The molecule has 1 aliphatic rings. The van der Waals surface area contributed by atoms with Gasteiger partial charge in [-0.2, -0.15) is 0 Å². The van der Waals surface area contributed by atoms with Crippen LogP contribution in [0.2, 0.25) is 5.02 Å². The molecular formula is C19H23ClN2O3S. The van der Waals surface area contributed by atoms with Crippen LogP contribution in [-0.4, -0.2) is 24.1 Å². The summed E-state index contributed by atoms with van der Waals surface area (Å²) in [5.41, 5.74) is 1.65. The van der Waals surface area contributed by atoms with Gasteiger partial charge in [0.05, 0.1) is 28.9 Å². The van der Waals surface area contributed by atoms with Crippen LogP contribution in [0.5, 0.6) is 11.5 Å². The van der Waals surface area contributed by atoms with Crippen molar-refractivity contribution in [3.05, 3.63) is 38.3 Å². The van der Waals surface area contributed by atoms with Crippen LogP contribution in [0.1, 0.15) is 46.2 Å². The fourth-order valence-corrected chi connectivity index (χ4v) is 4.23. The summed E-state index contributed by atoms with van der Waals surface area (Å²) in [6.07, 6.45) is 1.71. The van der Waals surface area contributed by atoms with E-state index in [0.29, 0.717) is 47.1 Å². The number of carbonyl (C=O) groups is 1. The Morgan fingerprint density at radius 1 is 1.35 bits per heavy atom. The van der Waals surface area contributed by atoms with Crippen molar-refractivity contribution < 1.29 is 14.3 Å². The molecule has 0 saturated heterocycles. The number of hydrogen-bond donors (Lipinski definition) is 1. The number of fused-ring (bicyclic) bond motifs is 1. The number of benzene rings is 1. The Morgan fingerprint density at radius 2 is 2.12 bits per heavy atom. The zero-order valence-electron chi connectivity index (χ0n) is 15.2. The van der Waals surface area contributed by atoms with E-state index in [0.717, 1.165) is 29.1 Å². The van der Waals surface area contributed by atoms with Crippen LogP contribution in [0.3, 0.4) is 0 Å². The van der Waals surface area contributed by atoms with Gasteiger partial charge < -0.3 is 14.8 Å². The maximum atomic E-state index is 12.5. The van der Waals surface area contributed by atoms with Gasteiger partial charge in [-0.3, -0.25) is 4.79 Å². The van der Waals surface area contributed by atoms with Crippen molar-refractivity contribution in [1.29, 1.82) is 0 Å². The molecule has 0 unspecified atom stereocenters. The van der Waals surface area contributed by atoms with Crippen LogP contribution < -0.4 is 14.8 Å². The molecule has 1 aliphatic heterocycles. The average molecular weight is 395 g/mol. The Labute approximate surface area is 162 Å². The standard InChI is InChI=1S/C19H23ClN2O3S/c1-11(2)7-16-22-12(3)18(26-16)19(23)21-10-13-8-14(20)17-15(9-13)24-5-4-6-25-17/h8-9,11H,4-7,10H2,1-3H3,(H,21,23). The lowest BCUT2D eigenvalue weighted by atomic mass is 10.1. The van der Waals surface area contributed by atoms with Crippen LogP contribution in [0, 0.1) is 12.8 Å². The Morgan fingerprint density at radius 3 is 2.88 bits per heavy atom. The van der Waals surface area contributed by atoms with Gasteiger partial charge in [-0.15, -0.1) is 11.3 Å². The third kappa shape index (κ3) is 4.48. The van der Waals surface area contributed by atoms with Crippen molar-refractivity contribution in [2.75, 3.05) is 13.2 Å². The third-order valence-electron chi connectivity index (χ3n) is 3.95. The molecule has 1 aromatic carbocycles. The highest BCUT2D eigenvalue weighted by atomic mass is 35.5. The van der Waals surface area contributed by atoms with Gasteiger partial charge in [-0.1, -0.05) is 25.4 Å². The number of hydrogen-bond acceptors (Lipinski definition) is 5. The van der Waals surface area contributed by atoms with Crippen molar-refractivity contribution in [3.63, 3.8) is 0 Å². The molecule has 140 valence electrons. The molecule has 0 bridgehead atoms. The van der Waals surface area contributed by atoms with Gasteiger partial charge in [-0.05, 0) is 30.5 Å². The van der Waals surface area contributed by atoms with Crippen LogP contribution in [0.25, 0.3) is 0 Å². The molecule has 0 aliphatic carbocycles. The summed E-state index contributed by atoms with van der Waals surface area (Å²) in [5, 5.41) is 4.45. The zero-order valence-corrected chi connectivity index (χ0v) is 16.8. The predicted molar refractivity (Wildman–Crippen MR) is 104 cm³/mol. The van der Waals surface area contributed by atoms with Crippen molar-refractivity contribution in [2.45, 2.75) is 40.2 Å². The normalized spacial score (nSPS) is 13.6. The van der Waals surface area contributed by atoms with Gasteiger partial charge in [-0.25, -0.2) is 4.98 Å². The summed E-state index contributed by atoms with van der Waals surface area (Å²) in [6, 6.07) is 3.68. The molecule has 2 aromatic rings. The van der Waals surface area contributed by atoms with E-state index in [4.69, 9.17) is 21.1 Å². The minimum Gasteiger partial charge on any atom is -0.489 e. The van der Waals surface area contributed by atoms with Gasteiger partial charge in [0, 0.05) is 19.4 Å². The summed E-state index contributed by atoms with van der Waals surface area (Å²) >= 11 is 7.77. The first-order chi connectivity index (χ1) is 12.4. The second kappa shape index (κ2) is 8.27. The molecule has 0 spiro atoms. The van der Waals surface area contributed by atoms with Crippen molar-refractivity contribution in [1.82, 2.24) is 10.3 Å². The molecule has 26 heavy (non-hydrogen) atoms. The van der Waals surface area contributed by atoms with Crippen LogP contribution in [0.4, 0.5) is 0 Å². The smallest absolute Gasteiger partial charge is 0.263 e. The molecule has 5 nitrogen and oxygen atoms in total. The summed E-state index contributed by atoms with van der Waals surface area (Å²) in [7, 11) is 0. The lowest BCUT2D eigenvalue weighted by molar-refractivity contribution is 0.0954. The fraction of sp³-hybridized carbons (Fsp3) is 0.474. The Balaban J connectivity index is 1.69. The van der Waals surface area contributed by atoms with E-state index in [1.165, 1.54) is 11.3 Å². The lowest BCUT2D eigenvalue weighted by Crippen LogP contribution is -2.22. The average Bonchev–Trinajstić information content (AvgIpc) is 2.79. The third-order valence-corrected chi connectivity index (χ3v) is 5.40. The summed E-state index contributed by atoms with van der Waals surface area (Å²) < 4.78 is 11.3. The maximum absolute atomic E-state index is 12.5. The second-order valence-corrected chi connectivity index (χ2v) is 8.25. The van der Waals surface area contributed by atoms with E-state index < -0.39 is 0 Å². The minimum absolute atomic E-state index is 0.113. The highest BCUT2D eigenvalue weighted by molar-refractivity contribution is 7.13.